The lowest BCUT2D eigenvalue weighted by Gasteiger charge is -2.32. The van der Waals surface area contributed by atoms with Gasteiger partial charge in [-0.25, -0.2) is 9.18 Å². The Morgan fingerprint density at radius 1 is 1.25 bits per heavy atom. The second kappa shape index (κ2) is 7.49. The number of ether oxygens (including phenoxy) is 1. The first-order chi connectivity index (χ1) is 11.2. The van der Waals surface area contributed by atoms with Gasteiger partial charge in [0, 0.05) is 19.4 Å². The number of nitrogens with one attached hydrogen (secondary N) is 1. The highest BCUT2D eigenvalue weighted by Crippen LogP contribution is 2.27. The highest BCUT2D eigenvalue weighted by molar-refractivity contribution is 5.87. The summed E-state index contributed by atoms with van der Waals surface area (Å²) in [7, 11) is 0. The van der Waals surface area contributed by atoms with Crippen molar-refractivity contribution < 1.29 is 23.5 Å². The van der Waals surface area contributed by atoms with Gasteiger partial charge in [0.1, 0.15) is 23.6 Å². The van der Waals surface area contributed by atoms with E-state index in [0.717, 1.165) is 0 Å². The molecule has 1 saturated carbocycles. The van der Waals surface area contributed by atoms with Crippen molar-refractivity contribution in [2.75, 3.05) is 13.1 Å². The van der Waals surface area contributed by atoms with Crippen molar-refractivity contribution in [3.05, 3.63) is 0 Å². The molecule has 0 aromatic carbocycles. The highest BCUT2D eigenvalue weighted by atomic mass is 19.1. The molecule has 1 N–H and O–H groups in total. The van der Waals surface area contributed by atoms with E-state index in [1.165, 1.54) is 4.90 Å². The maximum absolute atomic E-state index is 13.4. The number of carbonyl (C=O) groups is 3. The van der Waals surface area contributed by atoms with Crippen molar-refractivity contribution >= 4 is 17.8 Å². The Labute approximate surface area is 142 Å². The Hall–Kier alpha value is -1.66. The molecule has 0 radical (unpaired) electrons. The van der Waals surface area contributed by atoms with E-state index in [4.69, 9.17) is 4.74 Å². The maximum atomic E-state index is 13.4. The van der Waals surface area contributed by atoms with Crippen LogP contribution in [0.25, 0.3) is 0 Å². The molecule has 1 saturated heterocycles. The first-order valence-electron chi connectivity index (χ1n) is 8.60. The smallest absolute Gasteiger partial charge is 0.408 e. The lowest BCUT2D eigenvalue weighted by atomic mass is 9.82. The lowest BCUT2D eigenvalue weighted by molar-refractivity contribution is -0.135. The third kappa shape index (κ3) is 5.18. The zero-order valence-electron chi connectivity index (χ0n) is 14.6. The quantitative estimate of drug-likeness (QED) is 0.853. The number of hydrogen-bond acceptors (Lipinski definition) is 4. The van der Waals surface area contributed by atoms with Crippen molar-refractivity contribution in [2.45, 2.75) is 70.7 Å². The minimum absolute atomic E-state index is 0.0665. The molecular weight excluding hydrogens is 315 g/mol. The van der Waals surface area contributed by atoms with Crippen LogP contribution in [0.15, 0.2) is 0 Å². The van der Waals surface area contributed by atoms with Gasteiger partial charge < -0.3 is 15.0 Å². The monoisotopic (exact) mass is 342 g/mol. The van der Waals surface area contributed by atoms with Gasteiger partial charge in [-0.3, -0.25) is 9.59 Å². The van der Waals surface area contributed by atoms with E-state index in [9.17, 15) is 18.8 Å². The van der Waals surface area contributed by atoms with Crippen LogP contribution in [0.3, 0.4) is 0 Å². The minimum atomic E-state index is -1.01. The first-order valence-corrected chi connectivity index (χ1v) is 8.60. The fraction of sp³-hybridized carbons (Fsp3) is 0.824. The first kappa shape index (κ1) is 18.7. The van der Waals surface area contributed by atoms with Crippen LogP contribution in [0, 0.1) is 5.92 Å². The number of alkyl halides is 1. The van der Waals surface area contributed by atoms with Gasteiger partial charge in [-0.15, -0.1) is 0 Å². The van der Waals surface area contributed by atoms with Crippen molar-refractivity contribution in [2.24, 2.45) is 5.92 Å². The number of likely N-dealkylation sites (tertiary alicyclic amines) is 1. The summed E-state index contributed by atoms with van der Waals surface area (Å²) in [4.78, 5) is 37.8. The van der Waals surface area contributed by atoms with E-state index in [2.05, 4.69) is 5.32 Å². The molecule has 6 nitrogen and oxygen atoms in total. The van der Waals surface area contributed by atoms with Gasteiger partial charge in [-0.1, -0.05) is 0 Å². The van der Waals surface area contributed by atoms with Crippen molar-refractivity contribution in [3.63, 3.8) is 0 Å². The van der Waals surface area contributed by atoms with Crippen LogP contribution in [-0.2, 0) is 14.3 Å². The van der Waals surface area contributed by atoms with E-state index in [1.54, 1.807) is 20.8 Å². The summed E-state index contributed by atoms with van der Waals surface area (Å²) < 4.78 is 18.7. The Kier molecular flexibility index (Phi) is 5.83. The fourth-order valence-corrected chi connectivity index (χ4v) is 3.23. The van der Waals surface area contributed by atoms with Crippen molar-refractivity contribution in [1.82, 2.24) is 10.2 Å². The van der Waals surface area contributed by atoms with Gasteiger partial charge >= 0.3 is 6.09 Å². The summed E-state index contributed by atoms with van der Waals surface area (Å²) in [6, 6.07) is -0.766. The Morgan fingerprint density at radius 2 is 1.88 bits per heavy atom. The molecule has 1 heterocycles. The number of carbonyl (C=O) groups excluding carboxylic acids is 3. The molecule has 0 bridgehead atoms. The zero-order valence-corrected chi connectivity index (χ0v) is 14.6. The third-order valence-corrected chi connectivity index (χ3v) is 4.44. The molecule has 2 fully saturated rings. The third-order valence-electron chi connectivity index (χ3n) is 4.44. The zero-order chi connectivity index (χ0) is 17.9. The number of Topliss-reactive ketones (excluding diaryl/α,β-unsaturated/α-hetero) is 1. The lowest BCUT2D eigenvalue weighted by Crippen LogP contribution is -2.53. The van der Waals surface area contributed by atoms with E-state index < -0.39 is 23.9 Å². The van der Waals surface area contributed by atoms with Crippen LogP contribution in [0.2, 0.25) is 0 Å². The van der Waals surface area contributed by atoms with Gasteiger partial charge in [0.15, 0.2) is 0 Å². The molecule has 136 valence electrons. The molecule has 2 unspecified atom stereocenters. The van der Waals surface area contributed by atoms with E-state index in [-0.39, 0.29) is 24.2 Å². The number of hydrogen-bond donors (Lipinski definition) is 1. The number of amides is 2. The normalized spacial score (nSPS) is 23.9. The molecule has 7 heteroatoms. The van der Waals surface area contributed by atoms with Gasteiger partial charge in [0.05, 0.1) is 6.54 Å². The van der Waals surface area contributed by atoms with Gasteiger partial charge in [-0.2, -0.15) is 0 Å². The van der Waals surface area contributed by atoms with Gasteiger partial charge in [0.2, 0.25) is 5.91 Å². The number of nitrogens with zero attached hydrogens (tertiary/aromatic N) is 1. The van der Waals surface area contributed by atoms with Crippen LogP contribution in [0.1, 0.15) is 52.9 Å². The topological polar surface area (TPSA) is 75.7 Å². The summed E-state index contributed by atoms with van der Waals surface area (Å²) >= 11 is 0. The summed E-state index contributed by atoms with van der Waals surface area (Å²) in [6.45, 7) is 5.67. The molecule has 1 aliphatic heterocycles. The largest absolute Gasteiger partial charge is 0.444 e. The second-order valence-electron chi connectivity index (χ2n) is 7.67. The maximum Gasteiger partial charge on any atom is 0.408 e. The van der Waals surface area contributed by atoms with E-state index in [1.807, 2.05) is 0 Å². The van der Waals surface area contributed by atoms with Crippen LogP contribution < -0.4 is 5.32 Å². The van der Waals surface area contributed by atoms with Crippen molar-refractivity contribution in [1.29, 1.82) is 0 Å². The molecule has 2 rings (SSSR count). The Morgan fingerprint density at radius 3 is 2.38 bits per heavy atom. The molecule has 2 amide bonds. The molecule has 0 aromatic heterocycles. The molecule has 24 heavy (non-hydrogen) atoms. The van der Waals surface area contributed by atoms with Crippen molar-refractivity contribution in [3.8, 4) is 0 Å². The fourth-order valence-electron chi connectivity index (χ4n) is 3.23. The number of rotatable bonds is 3. The number of alkyl carbamates (subject to hydrolysis) is 1. The van der Waals surface area contributed by atoms with Crippen LogP contribution >= 0.6 is 0 Å². The summed E-state index contributed by atoms with van der Waals surface area (Å²) in [5.74, 6) is -0.221. The van der Waals surface area contributed by atoms with E-state index in [0.29, 0.717) is 38.6 Å². The average Bonchev–Trinajstić information content (AvgIpc) is 2.90. The average molecular weight is 342 g/mol. The standard InChI is InChI=1S/C17H27FN2O4/c1-17(2,3)24-16(23)19-14(11-4-6-13(21)7-5-11)15(22)20-9-8-12(18)10-20/h11-12,14H,4-10H2,1-3H3,(H,19,23). The number of ketones is 1. The predicted molar refractivity (Wildman–Crippen MR) is 86.2 cm³/mol. The molecule has 1 aliphatic carbocycles. The SMILES string of the molecule is CC(C)(C)OC(=O)NC(C(=O)N1CCC(F)C1)C1CCC(=O)CC1. The van der Waals surface area contributed by atoms with Crippen LogP contribution in [-0.4, -0.2) is 53.6 Å². The van der Waals surface area contributed by atoms with Gasteiger partial charge in [0.25, 0.3) is 0 Å². The predicted octanol–water partition coefficient (Wildman–Crippen LogP) is 2.21. The molecule has 2 aliphatic rings. The summed E-state index contributed by atoms with van der Waals surface area (Å²) in [5, 5.41) is 2.66. The second-order valence-corrected chi connectivity index (χ2v) is 7.67. The molecular formula is C17H27FN2O4. The Bertz CT molecular complexity index is 493. The minimum Gasteiger partial charge on any atom is -0.444 e. The Balaban J connectivity index is 2.07. The molecule has 0 spiro atoms. The molecule has 2 atom stereocenters. The molecule has 0 aromatic rings. The highest BCUT2D eigenvalue weighted by Gasteiger charge is 2.38. The summed E-state index contributed by atoms with van der Waals surface area (Å²) in [5.41, 5.74) is -0.669. The van der Waals surface area contributed by atoms with Crippen LogP contribution in [0.4, 0.5) is 9.18 Å². The van der Waals surface area contributed by atoms with Gasteiger partial charge in [-0.05, 0) is 46.0 Å². The number of halogens is 1. The summed E-state index contributed by atoms with van der Waals surface area (Å²) in [6.07, 6.45) is 0.591. The van der Waals surface area contributed by atoms with E-state index >= 15 is 0 Å². The van der Waals surface area contributed by atoms with Crippen LogP contribution in [0.5, 0.6) is 0 Å².